The molecule has 1 aliphatic heterocycles. The molecule has 0 aromatic heterocycles. The number of aryl methyl sites for hydroxylation is 1. The Labute approximate surface area is 238 Å². The Bertz CT molecular complexity index is 1540. The summed E-state index contributed by atoms with van der Waals surface area (Å²) in [5.74, 6) is -1.32. The number of amides is 1. The highest BCUT2D eigenvalue weighted by Crippen LogP contribution is 2.25. The Morgan fingerprint density at radius 3 is 2.23 bits per heavy atom. The van der Waals surface area contributed by atoms with Gasteiger partial charge in [0.2, 0.25) is 26.0 Å². The van der Waals surface area contributed by atoms with Crippen molar-refractivity contribution in [1.29, 1.82) is 0 Å². The maximum absolute atomic E-state index is 14.5. The molecule has 13 heteroatoms. The first-order chi connectivity index (χ1) is 19.0. The van der Waals surface area contributed by atoms with Gasteiger partial charge in [-0.15, -0.1) is 0 Å². The number of benzene rings is 3. The van der Waals surface area contributed by atoms with Crippen LogP contribution in [0.2, 0.25) is 5.02 Å². The van der Waals surface area contributed by atoms with Crippen LogP contribution in [-0.2, 0) is 42.7 Å². The Kier molecular flexibility index (Phi) is 9.60. The van der Waals surface area contributed by atoms with Crippen molar-refractivity contribution in [2.45, 2.75) is 29.8 Å². The topological polar surface area (TPSA) is 113 Å². The van der Waals surface area contributed by atoms with Gasteiger partial charge in [0, 0.05) is 36.8 Å². The molecule has 1 saturated heterocycles. The van der Waals surface area contributed by atoms with Crippen LogP contribution in [0.25, 0.3) is 0 Å². The summed E-state index contributed by atoms with van der Waals surface area (Å²) in [6, 6.07) is 16.2. The molecule has 0 saturated carbocycles. The third kappa shape index (κ3) is 7.06. The third-order valence-electron chi connectivity index (χ3n) is 6.40. The highest BCUT2D eigenvalue weighted by molar-refractivity contribution is 7.89. The van der Waals surface area contributed by atoms with E-state index < -0.39 is 44.9 Å². The van der Waals surface area contributed by atoms with Crippen molar-refractivity contribution in [3.63, 3.8) is 0 Å². The number of halogens is 2. The Balaban J connectivity index is 1.48. The minimum atomic E-state index is -4.19. The Hall–Kier alpha value is -2.87. The molecule has 1 fully saturated rings. The molecule has 1 heterocycles. The summed E-state index contributed by atoms with van der Waals surface area (Å²) in [7, 11) is -7.85. The Morgan fingerprint density at radius 2 is 1.60 bits per heavy atom. The van der Waals surface area contributed by atoms with Crippen LogP contribution in [0.1, 0.15) is 16.7 Å². The van der Waals surface area contributed by atoms with Gasteiger partial charge in [0.1, 0.15) is 5.82 Å². The molecule has 9 nitrogen and oxygen atoms in total. The van der Waals surface area contributed by atoms with E-state index in [0.29, 0.717) is 18.8 Å². The highest BCUT2D eigenvalue weighted by atomic mass is 35.5. The van der Waals surface area contributed by atoms with Crippen molar-refractivity contribution >= 4 is 37.6 Å². The number of ether oxygens (including phenoxy) is 1. The molecule has 214 valence electrons. The minimum Gasteiger partial charge on any atom is -0.379 e. The third-order valence-corrected chi connectivity index (χ3v) is 10.5. The second kappa shape index (κ2) is 12.8. The van der Waals surface area contributed by atoms with E-state index in [1.54, 1.807) is 24.3 Å². The number of nitrogens with one attached hydrogen (secondary N) is 1. The second-order valence-electron chi connectivity index (χ2n) is 9.22. The van der Waals surface area contributed by atoms with E-state index in [-0.39, 0.29) is 40.0 Å². The van der Waals surface area contributed by atoms with Crippen molar-refractivity contribution in [2.24, 2.45) is 0 Å². The van der Waals surface area contributed by atoms with Crippen LogP contribution in [0.4, 0.5) is 4.39 Å². The summed E-state index contributed by atoms with van der Waals surface area (Å²) in [6.45, 7) is 2.02. The number of hydrogen-bond donors (Lipinski definition) is 1. The molecular weight excluding hydrogens is 581 g/mol. The van der Waals surface area contributed by atoms with Gasteiger partial charge in [0.05, 0.1) is 29.5 Å². The van der Waals surface area contributed by atoms with E-state index in [0.717, 1.165) is 9.87 Å². The van der Waals surface area contributed by atoms with Crippen LogP contribution in [0.3, 0.4) is 0 Å². The fourth-order valence-corrected chi connectivity index (χ4v) is 7.07. The molecular formula is C27H29ClFN3O6S2. The predicted molar refractivity (Wildman–Crippen MR) is 148 cm³/mol. The SMILES string of the molecule is Cc1ccc(S(=O)(=O)N(CC(=O)NCc2ccc(S(=O)(=O)N3CCOCC3)cc2)Cc2c(F)cccc2Cl)cc1. The van der Waals surface area contributed by atoms with Crippen LogP contribution >= 0.6 is 11.6 Å². The fraction of sp³-hybridized carbons (Fsp3) is 0.296. The van der Waals surface area contributed by atoms with E-state index in [2.05, 4.69) is 5.32 Å². The second-order valence-corrected chi connectivity index (χ2v) is 13.5. The molecule has 0 atom stereocenters. The summed E-state index contributed by atoms with van der Waals surface area (Å²) in [5, 5.41) is 2.69. The summed E-state index contributed by atoms with van der Waals surface area (Å²) in [4.78, 5) is 13.0. The zero-order chi connectivity index (χ0) is 28.9. The number of hydrogen-bond acceptors (Lipinski definition) is 6. The van der Waals surface area contributed by atoms with Gasteiger partial charge in [-0.05, 0) is 48.9 Å². The van der Waals surface area contributed by atoms with Crippen molar-refractivity contribution in [1.82, 2.24) is 13.9 Å². The molecule has 1 aliphatic rings. The van der Waals surface area contributed by atoms with Crippen LogP contribution in [0.15, 0.2) is 76.5 Å². The normalized spacial score (nSPS) is 14.8. The smallest absolute Gasteiger partial charge is 0.243 e. The first-order valence-electron chi connectivity index (χ1n) is 12.4. The average Bonchev–Trinajstić information content (AvgIpc) is 2.94. The first kappa shape index (κ1) is 30.1. The number of carbonyl (C=O) groups excluding carboxylic acids is 1. The summed E-state index contributed by atoms with van der Waals surface area (Å²) >= 11 is 6.15. The fourth-order valence-electron chi connectivity index (χ4n) is 4.08. The van der Waals surface area contributed by atoms with Crippen molar-refractivity contribution in [3.8, 4) is 0 Å². The zero-order valence-corrected chi connectivity index (χ0v) is 24.1. The van der Waals surface area contributed by atoms with Crippen LogP contribution in [0, 0.1) is 12.7 Å². The van der Waals surface area contributed by atoms with E-state index in [9.17, 15) is 26.0 Å². The Morgan fingerprint density at radius 1 is 0.975 bits per heavy atom. The molecule has 1 amide bonds. The van der Waals surface area contributed by atoms with Gasteiger partial charge in [-0.1, -0.05) is 47.5 Å². The molecule has 0 bridgehead atoms. The van der Waals surface area contributed by atoms with Gasteiger partial charge in [0.25, 0.3) is 0 Å². The molecule has 40 heavy (non-hydrogen) atoms. The molecule has 0 unspecified atom stereocenters. The number of carbonyl (C=O) groups is 1. The van der Waals surface area contributed by atoms with Gasteiger partial charge >= 0.3 is 0 Å². The summed E-state index contributed by atoms with van der Waals surface area (Å²) in [6.07, 6.45) is 0. The molecule has 3 aromatic carbocycles. The van der Waals surface area contributed by atoms with Crippen LogP contribution < -0.4 is 5.32 Å². The van der Waals surface area contributed by atoms with E-state index in [1.165, 1.54) is 46.8 Å². The maximum Gasteiger partial charge on any atom is 0.243 e. The number of rotatable bonds is 10. The maximum atomic E-state index is 14.5. The van der Waals surface area contributed by atoms with E-state index in [1.807, 2.05) is 6.92 Å². The lowest BCUT2D eigenvalue weighted by atomic mass is 10.2. The van der Waals surface area contributed by atoms with Gasteiger partial charge in [0.15, 0.2) is 0 Å². The van der Waals surface area contributed by atoms with Gasteiger partial charge in [-0.2, -0.15) is 8.61 Å². The quantitative estimate of drug-likeness (QED) is 0.377. The van der Waals surface area contributed by atoms with E-state index in [4.69, 9.17) is 16.3 Å². The molecule has 3 aromatic rings. The van der Waals surface area contributed by atoms with E-state index >= 15 is 0 Å². The van der Waals surface area contributed by atoms with Crippen molar-refractivity contribution in [3.05, 3.63) is 94.3 Å². The summed E-state index contributed by atoms with van der Waals surface area (Å²) < 4.78 is 74.5. The largest absolute Gasteiger partial charge is 0.379 e. The number of nitrogens with zero attached hydrogens (tertiary/aromatic N) is 2. The van der Waals surface area contributed by atoms with Gasteiger partial charge in [-0.3, -0.25) is 4.79 Å². The van der Waals surface area contributed by atoms with Crippen molar-refractivity contribution in [2.75, 3.05) is 32.8 Å². The molecule has 1 N–H and O–H groups in total. The van der Waals surface area contributed by atoms with Crippen molar-refractivity contribution < 1.29 is 30.8 Å². The number of sulfonamides is 2. The van der Waals surface area contributed by atoms with Crippen LogP contribution in [0.5, 0.6) is 0 Å². The monoisotopic (exact) mass is 609 g/mol. The molecule has 0 aliphatic carbocycles. The average molecular weight is 610 g/mol. The summed E-state index contributed by atoms with van der Waals surface area (Å²) in [5.41, 5.74) is 1.41. The van der Waals surface area contributed by atoms with Gasteiger partial charge in [-0.25, -0.2) is 21.2 Å². The number of morpholine rings is 1. The lowest BCUT2D eigenvalue weighted by Crippen LogP contribution is -2.40. The highest BCUT2D eigenvalue weighted by Gasteiger charge is 2.29. The molecule has 0 radical (unpaired) electrons. The van der Waals surface area contributed by atoms with Crippen LogP contribution in [-0.4, -0.2) is 64.2 Å². The zero-order valence-electron chi connectivity index (χ0n) is 21.7. The first-order valence-corrected chi connectivity index (χ1v) is 15.7. The lowest BCUT2D eigenvalue weighted by Gasteiger charge is -2.26. The standard InChI is InChI=1S/C27H29ClFN3O6S2/c1-20-5-9-22(10-6-20)40(36,37)32(18-24-25(28)3-2-4-26(24)29)19-27(33)30-17-21-7-11-23(12-8-21)39(34,35)31-13-15-38-16-14-31/h2-12H,13-19H2,1H3,(H,30,33). The predicted octanol–water partition coefficient (Wildman–Crippen LogP) is 3.32. The minimum absolute atomic E-state index is 0.0234. The molecule has 4 rings (SSSR count). The van der Waals surface area contributed by atoms with Gasteiger partial charge < -0.3 is 10.1 Å². The lowest BCUT2D eigenvalue weighted by molar-refractivity contribution is -0.121. The molecule has 0 spiro atoms.